The normalized spacial score (nSPS) is 15.0. The molecule has 1 aromatic carbocycles. The molecule has 0 spiro atoms. The van der Waals surface area contributed by atoms with Gasteiger partial charge in [-0.15, -0.1) is 0 Å². The second kappa shape index (κ2) is 4.72. The maximum Gasteiger partial charge on any atom is 0.429 e. The molecule has 0 saturated carbocycles. The van der Waals surface area contributed by atoms with E-state index in [0.29, 0.717) is 11.0 Å². The SMILES string of the molecule is Cc1nn(C)c(N)c1C(O)(c1nc2ccccc2[nH]1)C(F)(F)F. The fourth-order valence-electron chi connectivity index (χ4n) is 2.64. The van der Waals surface area contributed by atoms with Crippen molar-refractivity contribution >= 4 is 16.9 Å². The molecule has 0 bridgehead atoms. The Morgan fingerprint density at radius 1 is 1.26 bits per heavy atom. The summed E-state index contributed by atoms with van der Waals surface area (Å²) in [6.45, 7) is 1.35. The van der Waals surface area contributed by atoms with Crippen molar-refractivity contribution < 1.29 is 18.3 Å². The lowest BCUT2D eigenvalue weighted by Gasteiger charge is -2.28. The number of para-hydroxylation sites is 2. The van der Waals surface area contributed by atoms with Crippen LogP contribution in [0.25, 0.3) is 11.0 Å². The van der Waals surface area contributed by atoms with E-state index < -0.39 is 23.2 Å². The van der Waals surface area contributed by atoms with E-state index in [1.165, 1.54) is 14.0 Å². The lowest BCUT2D eigenvalue weighted by Crippen LogP contribution is -2.45. The molecule has 4 N–H and O–H groups in total. The van der Waals surface area contributed by atoms with Crippen LogP contribution in [0.3, 0.4) is 0 Å². The highest BCUT2D eigenvalue weighted by molar-refractivity contribution is 5.75. The number of hydrogen-bond donors (Lipinski definition) is 3. The van der Waals surface area contributed by atoms with Gasteiger partial charge in [-0.2, -0.15) is 18.3 Å². The van der Waals surface area contributed by atoms with Gasteiger partial charge in [0.1, 0.15) is 5.82 Å². The molecule has 1 atom stereocenters. The number of anilines is 1. The molecule has 0 aliphatic rings. The number of fused-ring (bicyclic) bond motifs is 1. The summed E-state index contributed by atoms with van der Waals surface area (Å²) < 4.78 is 42.4. The molecule has 3 aromatic rings. The van der Waals surface area contributed by atoms with Crippen molar-refractivity contribution in [2.24, 2.45) is 7.05 Å². The lowest BCUT2D eigenvalue weighted by atomic mass is 9.91. The van der Waals surface area contributed by atoms with Gasteiger partial charge in [0, 0.05) is 7.05 Å². The first-order chi connectivity index (χ1) is 10.7. The zero-order chi connectivity index (χ0) is 17.0. The van der Waals surface area contributed by atoms with E-state index in [0.717, 1.165) is 4.68 Å². The Bertz CT molecular complexity index is 849. The van der Waals surface area contributed by atoms with E-state index in [1.807, 2.05) is 0 Å². The minimum absolute atomic E-state index is 0.0229. The van der Waals surface area contributed by atoms with Gasteiger partial charge in [-0.05, 0) is 19.1 Å². The maximum absolute atomic E-state index is 13.8. The first kappa shape index (κ1) is 15.3. The van der Waals surface area contributed by atoms with Crippen molar-refractivity contribution in [2.45, 2.75) is 18.7 Å². The first-order valence-corrected chi connectivity index (χ1v) is 6.70. The van der Waals surface area contributed by atoms with E-state index >= 15 is 0 Å². The summed E-state index contributed by atoms with van der Waals surface area (Å²) in [5.41, 5.74) is 2.48. The van der Waals surface area contributed by atoms with Crippen LogP contribution in [0, 0.1) is 6.92 Å². The molecule has 0 amide bonds. The fraction of sp³-hybridized carbons (Fsp3) is 0.286. The van der Waals surface area contributed by atoms with E-state index in [2.05, 4.69) is 15.1 Å². The number of nitrogens with one attached hydrogen (secondary N) is 1. The lowest BCUT2D eigenvalue weighted by molar-refractivity contribution is -0.250. The summed E-state index contributed by atoms with van der Waals surface area (Å²) in [4.78, 5) is 6.43. The van der Waals surface area contributed by atoms with Gasteiger partial charge in [-0.3, -0.25) is 4.68 Å². The van der Waals surface area contributed by atoms with Crippen molar-refractivity contribution in [1.82, 2.24) is 19.7 Å². The third-order valence-electron chi connectivity index (χ3n) is 3.77. The fourth-order valence-corrected chi connectivity index (χ4v) is 2.64. The molecule has 0 aliphatic heterocycles. The monoisotopic (exact) mass is 325 g/mol. The summed E-state index contributed by atoms with van der Waals surface area (Å²) in [7, 11) is 1.40. The van der Waals surface area contributed by atoms with Gasteiger partial charge in [0.15, 0.2) is 5.82 Å². The number of benzene rings is 1. The first-order valence-electron chi connectivity index (χ1n) is 6.70. The Kier molecular flexibility index (Phi) is 3.15. The molecule has 2 heterocycles. The average molecular weight is 325 g/mol. The summed E-state index contributed by atoms with van der Waals surface area (Å²) in [5, 5.41) is 14.5. The number of imidazole rings is 1. The molecule has 1 unspecified atom stereocenters. The number of nitrogens with zero attached hydrogens (tertiary/aromatic N) is 3. The summed E-state index contributed by atoms with van der Waals surface area (Å²) in [6.07, 6.45) is -5.04. The van der Waals surface area contributed by atoms with Crippen molar-refractivity contribution in [3.05, 3.63) is 41.3 Å². The number of aromatic nitrogens is 4. The van der Waals surface area contributed by atoms with Crippen LogP contribution in [-0.4, -0.2) is 31.0 Å². The predicted molar refractivity (Wildman–Crippen MR) is 77.5 cm³/mol. The van der Waals surface area contributed by atoms with Crippen molar-refractivity contribution in [1.29, 1.82) is 0 Å². The highest BCUT2D eigenvalue weighted by Crippen LogP contribution is 2.46. The van der Waals surface area contributed by atoms with Gasteiger partial charge in [0.25, 0.3) is 0 Å². The molecule has 6 nitrogen and oxygen atoms in total. The largest absolute Gasteiger partial charge is 0.429 e. The van der Waals surface area contributed by atoms with Gasteiger partial charge in [-0.25, -0.2) is 4.98 Å². The van der Waals surface area contributed by atoms with Crippen molar-refractivity contribution in [3.8, 4) is 0 Å². The molecule has 122 valence electrons. The quantitative estimate of drug-likeness (QED) is 0.672. The molecule has 0 aliphatic carbocycles. The number of nitrogen functional groups attached to an aromatic ring is 1. The number of hydrogen-bond acceptors (Lipinski definition) is 4. The van der Waals surface area contributed by atoms with Crippen molar-refractivity contribution in [2.75, 3.05) is 5.73 Å². The molecular formula is C14H14F3N5O. The van der Waals surface area contributed by atoms with E-state index in [1.54, 1.807) is 24.3 Å². The van der Waals surface area contributed by atoms with Crippen LogP contribution in [0.1, 0.15) is 17.1 Å². The Morgan fingerprint density at radius 3 is 2.43 bits per heavy atom. The zero-order valence-corrected chi connectivity index (χ0v) is 12.3. The number of aryl methyl sites for hydroxylation is 2. The Balaban J connectivity index is 2.34. The topological polar surface area (TPSA) is 92.8 Å². The molecule has 0 fully saturated rings. The number of aromatic amines is 1. The Hall–Kier alpha value is -2.55. The molecule has 2 aromatic heterocycles. The van der Waals surface area contributed by atoms with Crippen LogP contribution in [0.15, 0.2) is 24.3 Å². The van der Waals surface area contributed by atoms with E-state index in [9.17, 15) is 18.3 Å². The van der Waals surface area contributed by atoms with Crippen LogP contribution in [0.5, 0.6) is 0 Å². The van der Waals surface area contributed by atoms with E-state index in [-0.39, 0.29) is 11.5 Å². The Morgan fingerprint density at radius 2 is 1.91 bits per heavy atom. The molecule has 3 rings (SSSR count). The smallest absolute Gasteiger partial charge is 0.384 e. The highest BCUT2D eigenvalue weighted by atomic mass is 19.4. The number of aliphatic hydroxyl groups is 1. The highest BCUT2D eigenvalue weighted by Gasteiger charge is 2.61. The minimum atomic E-state index is -5.04. The van der Waals surface area contributed by atoms with Crippen LogP contribution in [-0.2, 0) is 12.6 Å². The number of rotatable bonds is 2. The van der Waals surface area contributed by atoms with Gasteiger partial charge in [0.2, 0.25) is 5.60 Å². The average Bonchev–Trinajstić information content (AvgIpc) is 2.99. The van der Waals surface area contributed by atoms with Gasteiger partial charge in [-0.1, -0.05) is 12.1 Å². The van der Waals surface area contributed by atoms with Crippen molar-refractivity contribution in [3.63, 3.8) is 0 Å². The molecule has 0 saturated heterocycles. The third kappa shape index (κ3) is 2.07. The summed E-state index contributed by atoms with van der Waals surface area (Å²) >= 11 is 0. The van der Waals surface area contributed by atoms with Crippen LogP contribution >= 0.6 is 0 Å². The van der Waals surface area contributed by atoms with Crippen LogP contribution in [0.4, 0.5) is 19.0 Å². The zero-order valence-electron chi connectivity index (χ0n) is 12.3. The summed E-state index contributed by atoms with van der Waals surface area (Å²) in [5.74, 6) is -0.920. The molecule has 9 heteroatoms. The second-order valence-corrected chi connectivity index (χ2v) is 5.28. The van der Waals surface area contributed by atoms with Crippen LogP contribution in [0.2, 0.25) is 0 Å². The van der Waals surface area contributed by atoms with Gasteiger partial charge in [0.05, 0.1) is 22.3 Å². The predicted octanol–water partition coefficient (Wildman–Crippen LogP) is 1.99. The second-order valence-electron chi connectivity index (χ2n) is 5.28. The number of nitrogens with two attached hydrogens (primary N) is 1. The number of H-pyrrole nitrogens is 1. The van der Waals surface area contributed by atoms with E-state index in [4.69, 9.17) is 5.73 Å². The molecule has 23 heavy (non-hydrogen) atoms. The number of alkyl halides is 3. The third-order valence-corrected chi connectivity index (χ3v) is 3.77. The van der Waals surface area contributed by atoms with Gasteiger partial charge >= 0.3 is 6.18 Å². The maximum atomic E-state index is 13.8. The Labute approximate surface area is 128 Å². The molecular weight excluding hydrogens is 311 g/mol. The van der Waals surface area contributed by atoms with Crippen LogP contribution < -0.4 is 5.73 Å². The minimum Gasteiger partial charge on any atom is -0.384 e. The van der Waals surface area contributed by atoms with Gasteiger partial charge < -0.3 is 15.8 Å². The standard InChI is InChI=1S/C14H14F3N5O/c1-7-10(11(18)22(2)21-7)13(23,14(15,16)17)12-19-8-5-3-4-6-9(8)20-12/h3-6,23H,18H2,1-2H3,(H,19,20). The summed E-state index contributed by atoms with van der Waals surface area (Å²) in [6, 6.07) is 6.41. The molecule has 0 radical (unpaired) electrons. The number of halogens is 3.